The Balaban J connectivity index is 1.41. The highest BCUT2D eigenvalue weighted by atomic mass is 32.2. The Kier molecular flexibility index (Phi) is 6.59. The van der Waals surface area contributed by atoms with E-state index in [1.807, 2.05) is 18.2 Å². The van der Waals surface area contributed by atoms with Gasteiger partial charge in [0.15, 0.2) is 10.9 Å². The maximum atomic E-state index is 13.5. The number of halogens is 1. The fourth-order valence-corrected chi connectivity index (χ4v) is 5.52. The molecule has 1 fully saturated rings. The van der Waals surface area contributed by atoms with Crippen molar-refractivity contribution < 1.29 is 9.18 Å². The van der Waals surface area contributed by atoms with Gasteiger partial charge in [0.1, 0.15) is 5.82 Å². The number of hydrogen-bond donors (Lipinski definition) is 0. The second kappa shape index (κ2) is 9.94. The lowest BCUT2D eigenvalue weighted by molar-refractivity contribution is 0.102. The SMILES string of the molecule is O=C(CSc1nc2ccccc2c(=O)n1-c1ccc(F)cc1)c1ccc(C2CCCCC2)cc1. The average molecular weight is 473 g/mol. The molecule has 6 heteroatoms. The normalized spacial score (nSPS) is 14.4. The van der Waals surface area contributed by atoms with Crippen molar-refractivity contribution in [1.82, 2.24) is 9.55 Å². The Morgan fingerprint density at radius 1 is 0.941 bits per heavy atom. The van der Waals surface area contributed by atoms with Crippen LogP contribution in [0.2, 0.25) is 0 Å². The van der Waals surface area contributed by atoms with E-state index in [-0.39, 0.29) is 22.9 Å². The standard InChI is InChI=1S/C28H25FN2O2S/c29-22-14-16-23(17-15-22)31-27(33)24-8-4-5-9-25(24)30-28(31)34-18-26(32)21-12-10-20(11-13-21)19-6-2-1-3-7-19/h4-5,8-17,19H,1-3,6-7,18H2. The fraction of sp³-hybridized carbons (Fsp3) is 0.250. The van der Waals surface area contributed by atoms with Crippen LogP contribution < -0.4 is 5.56 Å². The molecule has 0 spiro atoms. The zero-order valence-corrected chi connectivity index (χ0v) is 19.6. The molecule has 172 valence electrons. The summed E-state index contributed by atoms with van der Waals surface area (Å²) in [4.78, 5) is 30.9. The van der Waals surface area contributed by atoms with Crippen molar-refractivity contribution in [3.8, 4) is 5.69 Å². The monoisotopic (exact) mass is 472 g/mol. The molecule has 4 nitrogen and oxygen atoms in total. The van der Waals surface area contributed by atoms with Gasteiger partial charge in [0.05, 0.1) is 22.3 Å². The highest BCUT2D eigenvalue weighted by Crippen LogP contribution is 2.32. The van der Waals surface area contributed by atoms with Crippen LogP contribution in [0.5, 0.6) is 0 Å². The first-order chi connectivity index (χ1) is 16.6. The van der Waals surface area contributed by atoms with Crippen LogP contribution in [-0.4, -0.2) is 21.1 Å². The summed E-state index contributed by atoms with van der Waals surface area (Å²) >= 11 is 1.22. The highest BCUT2D eigenvalue weighted by Gasteiger charge is 2.18. The van der Waals surface area contributed by atoms with E-state index in [1.165, 1.54) is 66.1 Å². The van der Waals surface area contributed by atoms with Crippen LogP contribution in [0.3, 0.4) is 0 Å². The average Bonchev–Trinajstić information content (AvgIpc) is 2.89. The topological polar surface area (TPSA) is 52.0 Å². The van der Waals surface area contributed by atoms with Crippen LogP contribution in [0.1, 0.15) is 53.9 Å². The summed E-state index contributed by atoms with van der Waals surface area (Å²) in [7, 11) is 0. The van der Waals surface area contributed by atoms with Crippen LogP contribution in [0.4, 0.5) is 4.39 Å². The quantitative estimate of drug-likeness (QED) is 0.181. The van der Waals surface area contributed by atoms with Crippen molar-refractivity contribution in [3.05, 3.63) is 100 Å². The first-order valence-corrected chi connectivity index (χ1v) is 12.6. The zero-order valence-electron chi connectivity index (χ0n) is 18.7. The number of ketones is 1. The number of benzene rings is 3. The van der Waals surface area contributed by atoms with Crippen molar-refractivity contribution in [3.63, 3.8) is 0 Å². The minimum Gasteiger partial charge on any atom is -0.293 e. The molecule has 1 aliphatic rings. The molecule has 0 bridgehead atoms. The molecular weight excluding hydrogens is 447 g/mol. The molecule has 0 aliphatic heterocycles. The number of aromatic nitrogens is 2. The molecule has 1 heterocycles. The van der Waals surface area contributed by atoms with E-state index in [0.29, 0.717) is 33.2 Å². The Labute approximate surface area is 201 Å². The predicted molar refractivity (Wildman–Crippen MR) is 135 cm³/mol. The predicted octanol–water partition coefficient (Wildman–Crippen LogP) is 6.55. The largest absolute Gasteiger partial charge is 0.293 e. The Bertz CT molecular complexity index is 1370. The molecule has 0 unspecified atom stereocenters. The number of nitrogens with zero attached hydrogens (tertiary/aromatic N) is 2. The van der Waals surface area contributed by atoms with Crippen LogP contribution in [0.15, 0.2) is 82.7 Å². The van der Waals surface area contributed by atoms with E-state index in [1.54, 1.807) is 30.3 Å². The summed E-state index contributed by atoms with van der Waals surface area (Å²) in [6, 6.07) is 20.8. The molecular formula is C28H25FN2O2S. The van der Waals surface area contributed by atoms with Gasteiger partial charge in [-0.15, -0.1) is 0 Å². The lowest BCUT2D eigenvalue weighted by atomic mass is 9.84. The lowest BCUT2D eigenvalue weighted by Crippen LogP contribution is -2.22. The number of hydrogen-bond acceptors (Lipinski definition) is 4. The third kappa shape index (κ3) is 4.68. The maximum absolute atomic E-state index is 13.5. The summed E-state index contributed by atoms with van der Waals surface area (Å²) in [6.45, 7) is 0. The summed E-state index contributed by atoms with van der Waals surface area (Å²) in [5.41, 5.74) is 2.80. The summed E-state index contributed by atoms with van der Waals surface area (Å²) in [5.74, 6) is 0.341. The number of carbonyl (C=O) groups excluding carboxylic acids is 1. The first kappa shape index (κ1) is 22.5. The van der Waals surface area contributed by atoms with Crippen LogP contribution in [0, 0.1) is 5.82 Å². The third-order valence-corrected chi connectivity index (χ3v) is 7.41. The molecule has 0 N–H and O–H groups in total. The smallest absolute Gasteiger partial charge is 0.266 e. The van der Waals surface area contributed by atoms with Gasteiger partial charge in [-0.1, -0.05) is 67.4 Å². The number of Topliss-reactive ketones (excluding diaryl/α,β-unsaturated/α-hetero) is 1. The van der Waals surface area contributed by atoms with Gasteiger partial charge in [0, 0.05) is 5.56 Å². The number of fused-ring (bicyclic) bond motifs is 1. The van der Waals surface area contributed by atoms with Gasteiger partial charge in [-0.05, 0) is 60.7 Å². The van der Waals surface area contributed by atoms with Gasteiger partial charge in [-0.25, -0.2) is 9.37 Å². The summed E-state index contributed by atoms with van der Waals surface area (Å²) in [5, 5.41) is 0.878. The highest BCUT2D eigenvalue weighted by molar-refractivity contribution is 7.99. The maximum Gasteiger partial charge on any atom is 0.266 e. The minimum atomic E-state index is -0.383. The molecule has 0 saturated heterocycles. The molecule has 0 atom stereocenters. The molecule has 4 aromatic rings. The first-order valence-electron chi connectivity index (χ1n) is 11.6. The van der Waals surface area contributed by atoms with Crippen molar-refractivity contribution in [2.24, 2.45) is 0 Å². The van der Waals surface area contributed by atoms with Gasteiger partial charge in [0.2, 0.25) is 0 Å². The Morgan fingerprint density at radius 3 is 2.38 bits per heavy atom. The minimum absolute atomic E-state index is 0.0201. The Morgan fingerprint density at radius 2 is 1.65 bits per heavy atom. The van der Waals surface area contributed by atoms with Gasteiger partial charge in [-0.2, -0.15) is 0 Å². The van der Waals surface area contributed by atoms with E-state index in [9.17, 15) is 14.0 Å². The third-order valence-electron chi connectivity index (χ3n) is 6.47. The summed E-state index contributed by atoms with van der Waals surface area (Å²) < 4.78 is 14.9. The van der Waals surface area contributed by atoms with E-state index in [4.69, 9.17) is 0 Å². The van der Waals surface area contributed by atoms with Crippen molar-refractivity contribution >= 4 is 28.4 Å². The van der Waals surface area contributed by atoms with Crippen LogP contribution >= 0.6 is 11.8 Å². The molecule has 0 amide bonds. The van der Waals surface area contributed by atoms with Crippen molar-refractivity contribution in [1.29, 1.82) is 0 Å². The molecule has 1 aromatic heterocycles. The van der Waals surface area contributed by atoms with Crippen LogP contribution in [0.25, 0.3) is 16.6 Å². The Hall–Kier alpha value is -3.25. The van der Waals surface area contributed by atoms with E-state index >= 15 is 0 Å². The lowest BCUT2D eigenvalue weighted by Gasteiger charge is -2.22. The number of thioether (sulfide) groups is 1. The van der Waals surface area contributed by atoms with Gasteiger partial charge >= 0.3 is 0 Å². The molecule has 1 aliphatic carbocycles. The zero-order chi connectivity index (χ0) is 23.5. The molecule has 1 saturated carbocycles. The fourth-order valence-electron chi connectivity index (χ4n) is 4.62. The van der Waals surface area contributed by atoms with Crippen molar-refractivity contribution in [2.45, 2.75) is 43.2 Å². The van der Waals surface area contributed by atoms with E-state index in [0.717, 1.165) is 0 Å². The number of rotatable bonds is 6. The number of carbonyl (C=O) groups is 1. The van der Waals surface area contributed by atoms with E-state index < -0.39 is 0 Å². The second-order valence-corrected chi connectivity index (χ2v) is 9.64. The van der Waals surface area contributed by atoms with Gasteiger partial charge in [-0.3, -0.25) is 14.2 Å². The molecule has 3 aromatic carbocycles. The number of para-hydroxylation sites is 1. The van der Waals surface area contributed by atoms with Crippen LogP contribution in [-0.2, 0) is 0 Å². The molecule has 5 rings (SSSR count). The van der Waals surface area contributed by atoms with E-state index in [2.05, 4.69) is 17.1 Å². The molecule has 0 radical (unpaired) electrons. The second-order valence-electron chi connectivity index (χ2n) is 8.70. The van der Waals surface area contributed by atoms with Crippen molar-refractivity contribution in [2.75, 3.05) is 5.75 Å². The van der Waals surface area contributed by atoms with Gasteiger partial charge in [0.25, 0.3) is 5.56 Å². The molecule has 34 heavy (non-hydrogen) atoms. The van der Waals surface area contributed by atoms with Gasteiger partial charge < -0.3 is 0 Å². The summed E-state index contributed by atoms with van der Waals surface area (Å²) in [6.07, 6.45) is 6.30.